The van der Waals surface area contributed by atoms with Crippen LogP contribution in [0, 0.1) is 0 Å². The van der Waals surface area contributed by atoms with Gasteiger partial charge in [-0.2, -0.15) is 0 Å². The van der Waals surface area contributed by atoms with Crippen LogP contribution in [0.5, 0.6) is 0 Å². The van der Waals surface area contributed by atoms with Gasteiger partial charge < -0.3 is 15.1 Å². The molecule has 2 aromatic carbocycles. The number of carbonyl (C=O) groups is 2. The maximum atomic E-state index is 12.5. The average Bonchev–Trinajstić information content (AvgIpc) is 3.20. The number of carbonyl (C=O) groups excluding carboxylic acids is 2. The van der Waals surface area contributed by atoms with Gasteiger partial charge in [-0.15, -0.1) is 0 Å². The molecule has 0 bridgehead atoms. The first kappa shape index (κ1) is 20.6. The largest absolute Gasteiger partial charge is 0.325 e. The van der Waals surface area contributed by atoms with E-state index in [1.54, 1.807) is 4.90 Å². The van der Waals surface area contributed by atoms with Crippen molar-refractivity contribution in [3.8, 4) is 0 Å². The molecule has 2 aliphatic heterocycles. The van der Waals surface area contributed by atoms with Crippen molar-refractivity contribution in [2.45, 2.75) is 19.3 Å². The fourth-order valence-corrected chi connectivity index (χ4v) is 4.18. The highest BCUT2D eigenvalue weighted by molar-refractivity contribution is 5.97. The molecule has 2 aromatic rings. The van der Waals surface area contributed by atoms with Crippen LogP contribution >= 0.6 is 0 Å². The first-order valence-corrected chi connectivity index (χ1v) is 10.9. The van der Waals surface area contributed by atoms with Crippen molar-refractivity contribution in [3.05, 3.63) is 60.2 Å². The van der Waals surface area contributed by atoms with Gasteiger partial charge >= 0.3 is 0 Å². The van der Waals surface area contributed by atoms with E-state index in [0.29, 0.717) is 13.0 Å². The average molecular weight is 407 g/mol. The van der Waals surface area contributed by atoms with E-state index < -0.39 is 0 Å². The number of rotatable bonds is 7. The monoisotopic (exact) mass is 406 g/mol. The van der Waals surface area contributed by atoms with Crippen LogP contribution in [-0.2, 0) is 16.0 Å². The molecule has 0 unspecified atom stereocenters. The Hall–Kier alpha value is -2.70. The van der Waals surface area contributed by atoms with Crippen LogP contribution in [-0.4, -0.2) is 67.4 Å². The summed E-state index contributed by atoms with van der Waals surface area (Å²) in [6, 6.07) is 18.2. The number of piperazine rings is 1. The van der Waals surface area contributed by atoms with Gasteiger partial charge in [0.2, 0.25) is 11.8 Å². The second-order valence-corrected chi connectivity index (χ2v) is 8.10. The summed E-state index contributed by atoms with van der Waals surface area (Å²) in [5.74, 6) is 0.154. The quantitative estimate of drug-likeness (QED) is 0.768. The molecule has 30 heavy (non-hydrogen) atoms. The van der Waals surface area contributed by atoms with Crippen molar-refractivity contribution in [3.63, 3.8) is 0 Å². The molecule has 6 nitrogen and oxygen atoms in total. The molecule has 0 aromatic heterocycles. The van der Waals surface area contributed by atoms with Crippen LogP contribution < -0.4 is 10.2 Å². The van der Waals surface area contributed by atoms with Crippen LogP contribution in [0.15, 0.2) is 54.6 Å². The predicted molar refractivity (Wildman–Crippen MR) is 120 cm³/mol. The van der Waals surface area contributed by atoms with Gasteiger partial charge in [-0.3, -0.25) is 14.5 Å². The number of anilines is 2. The SMILES string of the molecule is O=C(CN1CCN(CCc2ccccc2)CC1)Nc1cccc(N2CCCC2=O)c1. The molecule has 2 amide bonds. The van der Waals surface area contributed by atoms with Crippen molar-refractivity contribution in [2.24, 2.45) is 0 Å². The van der Waals surface area contributed by atoms with Gasteiger partial charge in [-0.25, -0.2) is 0 Å². The molecule has 0 saturated carbocycles. The minimum Gasteiger partial charge on any atom is -0.325 e. The Morgan fingerprint density at radius 3 is 2.40 bits per heavy atom. The third-order valence-electron chi connectivity index (χ3n) is 5.91. The van der Waals surface area contributed by atoms with E-state index in [2.05, 4.69) is 45.4 Å². The van der Waals surface area contributed by atoms with E-state index >= 15 is 0 Å². The molecule has 6 heteroatoms. The maximum Gasteiger partial charge on any atom is 0.238 e. The smallest absolute Gasteiger partial charge is 0.238 e. The Balaban J connectivity index is 1.21. The summed E-state index contributed by atoms with van der Waals surface area (Å²) in [5.41, 5.74) is 2.98. The molecule has 1 N–H and O–H groups in total. The molecule has 2 fully saturated rings. The first-order valence-electron chi connectivity index (χ1n) is 10.9. The lowest BCUT2D eigenvalue weighted by atomic mass is 10.1. The van der Waals surface area contributed by atoms with E-state index in [-0.39, 0.29) is 11.8 Å². The second-order valence-electron chi connectivity index (χ2n) is 8.10. The molecule has 4 rings (SSSR count). The molecule has 0 atom stereocenters. The lowest BCUT2D eigenvalue weighted by molar-refractivity contribution is -0.118. The Morgan fingerprint density at radius 2 is 1.67 bits per heavy atom. The van der Waals surface area contributed by atoms with Crippen molar-refractivity contribution < 1.29 is 9.59 Å². The molecule has 0 radical (unpaired) electrons. The molecule has 2 aliphatic rings. The van der Waals surface area contributed by atoms with Gasteiger partial charge in [0.1, 0.15) is 0 Å². The van der Waals surface area contributed by atoms with Crippen LogP contribution in [0.1, 0.15) is 18.4 Å². The zero-order valence-corrected chi connectivity index (χ0v) is 17.4. The fraction of sp³-hybridized carbons (Fsp3) is 0.417. The first-order chi connectivity index (χ1) is 14.7. The van der Waals surface area contributed by atoms with E-state index in [1.807, 2.05) is 24.3 Å². The Kier molecular flexibility index (Phi) is 6.77. The lowest BCUT2D eigenvalue weighted by Crippen LogP contribution is -2.49. The number of nitrogens with zero attached hydrogens (tertiary/aromatic N) is 3. The van der Waals surface area contributed by atoms with Gasteiger partial charge in [0, 0.05) is 57.1 Å². The summed E-state index contributed by atoms with van der Waals surface area (Å²) in [6.07, 6.45) is 2.57. The van der Waals surface area contributed by atoms with Gasteiger partial charge in [-0.1, -0.05) is 36.4 Å². The summed E-state index contributed by atoms with van der Waals surface area (Å²) in [6.45, 7) is 6.02. The molecule has 158 valence electrons. The summed E-state index contributed by atoms with van der Waals surface area (Å²) >= 11 is 0. The van der Waals surface area contributed by atoms with Gasteiger partial charge in [0.05, 0.1) is 6.54 Å². The lowest BCUT2D eigenvalue weighted by Gasteiger charge is -2.34. The normalized spacial score (nSPS) is 18.0. The molecule has 2 saturated heterocycles. The standard InChI is InChI=1S/C24H30N4O2/c29-23(25-21-8-4-9-22(18-21)28-12-5-10-24(28)30)19-27-16-14-26(15-17-27)13-11-20-6-2-1-3-7-20/h1-4,6-9,18H,5,10-17,19H2,(H,25,29). The summed E-state index contributed by atoms with van der Waals surface area (Å²) in [7, 11) is 0. The van der Waals surface area contributed by atoms with Crippen molar-refractivity contribution >= 4 is 23.2 Å². The summed E-state index contributed by atoms with van der Waals surface area (Å²) < 4.78 is 0. The number of nitrogens with one attached hydrogen (secondary N) is 1. The minimum absolute atomic E-state index is 0.00219. The number of hydrogen-bond acceptors (Lipinski definition) is 4. The predicted octanol–water partition coefficient (Wildman–Crippen LogP) is 2.61. The fourth-order valence-electron chi connectivity index (χ4n) is 4.18. The third kappa shape index (κ3) is 5.46. The van der Waals surface area contributed by atoms with Gasteiger partial charge in [-0.05, 0) is 36.6 Å². The minimum atomic E-state index is -0.00219. The zero-order chi connectivity index (χ0) is 20.8. The number of hydrogen-bond donors (Lipinski definition) is 1. The highest BCUT2D eigenvalue weighted by Crippen LogP contribution is 2.24. The Morgan fingerprint density at radius 1 is 0.900 bits per heavy atom. The second kappa shape index (κ2) is 9.87. The highest BCUT2D eigenvalue weighted by Gasteiger charge is 2.22. The van der Waals surface area contributed by atoms with E-state index in [4.69, 9.17) is 0 Å². The van der Waals surface area contributed by atoms with Crippen molar-refractivity contribution in [1.82, 2.24) is 9.80 Å². The molecule has 2 heterocycles. The van der Waals surface area contributed by atoms with E-state index in [0.717, 1.165) is 63.5 Å². The van der Waals surface area contributed by atoms with Crippen LogP contribution in [0.4, 0.5) is 11.4 Å². The van der Waals surface area contributed by atoms with Gasteiger partial charge in [0.25, 0.3) is 0 Å². The van der Waals surface area contributed by atoms with Crippen LogP contribution in [0.25, 0.3) is 0 Å². The number of amides is 2. The Labute approximate surface area is 178 Å². The van der Waals surface area contributed by atoms with E-state index in [9.17, 15) is 9.59 Å². The van der Waals surface area contributed by atoms with E-state index in [1.165, 1.54) is 5.56 Å². The number of benzene rings is 2. The molecular formula is C24H30N4O2. The van der Waals surface area contributed by atoms with Crippen molar-refractivity contribution in [1.29, 1.82) is 0 Å². The molecular weight excluding hydrogens is 376 g/mol. The van der Waals surface area contributed by atoms with Crippen LogP contribution in [0.3, 0.4) is 0 Å². The topological polar surface area (TPSA) is 55.9 Å². The summed E-state index contributed by atoms with van der Waals surface area (Å²) in [5, 5.41) is 2.99. The Bertz CT molecular complexity index is 863. The van der Waals surface area contributed by atoms with Gasteiger partial charge in [0.15, 0.2) is 0 Å². The van der Waals surface area contributed by atoms with Crippen molar-refractivity contribution in [2.75, 3.05) is 56.0 Å². The maximum absolute atomic E-state index is 12.5. The zero-order valence-electron chi connectivity index (χ0n) is 17.4. The molecule has 0 spiro atoms. The van der Waals surface area contributed by atoms with Crippen LogP contribution in [0.2, 0.25) is 0 Å². The third-order valence-corrected chi connectivity index (χ3v) is 5.91. The summed E-state index contributed by atoms with van der Waals surface area (Å²) in [4.78, 5) is 31.0. The molecule has 0 aliphatic carbocycles. The highest BCUT2D eigenvalue weighted by atomic mass is 16.2.